The molecule has 6 nitrogen and oxygen atoms in total. The van der Waals surface area contributed by atoms with E-state index < -0.39 is 9.84 Å². The van der Waals surface area contributed by atoms with E-state index in [9.17, 15) is 8.42 Å². The van der Waals surface area contributed by atoms with Crippen molar-refractivity contribution < 1.29 is 17.3 Å². The lowest BCUT2D eigenvalue weighted by Crippen LogP contribution is -2.01. The summed E-state index contributed by atoms with van der Waals surface area (Å²) in [6.07, 6.45) is 0. The summed E-state index contributed by atoms with van der Waals surface area (Å²) in [7, 11) is -3.84. The smallest absolute Gasteiger partial charge is 0.227 e. The van der Waals surface area contributed by atoms with Gasteiger partial charge in [-0.15, -0.1) is 0 Å². The number of oxazole rings is 2. The lowest BCUT2D eigenvalue weighted by Gasteiger charge is -2.04. The van der Waals surface area contributed by atoms with E-state index in [2.05, 4.69) is 9.97 Å². The number of hydrogen-bond acceptors (Lipinski definition) is 6. The van der Waals surface area contributed by atoms with Gasteiger partial charge in [0.25, 0.3) is 0 Å². The molecule has 6 rings (SSSR count). The van der Waals surface area contributed by atoms with Gasteiger partial charge in [0, 0.05) is 21.2 Å². The second-order valence-electron chi connectivity index (χ2n) is 7.81. The van der Waals surface area contributed by atoms with E-state index >= 15 is 0 Å². The van der Waals surface area contributed by atoms with Crippen LogP contribution in [0.25, 0.3) is 45.1 Å². The summed E-state index contributed by atoms with van der Waals surface area (Å²) in [6.45, 7) is 0. The van der Waals surface area contributed by atoms with Gasteiger partial charge in [0.05, 0.1) is 9.79 Å². The highest BCUT2D eigenvalue weighted by Crippen LogP contribution is 2.31. The fraction of sp³-hybridized carbons (Fsp3) is 0. The quantitative estimate of drug-likeness (QED) is 0.240. The molecule has 9 heteroatoms. The van der Waals surface area contributed by atoms with Gasteiger partial charge < -0.3 is 8.83 Å². The van der Waals surface area contributed by atoms with Crippen LogP contribution in [0.15, 0.2) is 104 Å². The fourth-order valence-corrected chi connectivity index (χ4v) is 5.27. The Morgan fingerprint density at radius 1 is 0.571 bits per heavy atom. The van der Waals surface area contributed by atoms with E-state index in [0.29, 0.717) is 44.0 Å². The third kappa shape index (κ3) is 3.97. The van der Waals surface area contributed by atoms with Gasteiger partial charge in [-0.05, 0) is 84.9 Å². The average Bonchev–Trinajstić information content (AvgIpc) is 3.48. The highest BCUT2D eigenvalue weighted by molar-refractivity contribution is 7.91. The third-order valence-electron chi connectivity index (χ3n) is 5.52. The molecule has 35 heavy (non-hydrogen) atoms. The Balaban J connectivity index is 1.37. The van der Waals surface area contributed by atoms with Crippen molar-refractivity contribution in [2.75, 3.05) is 0 Å². The van der Waals surface area contributed by atoms with E-state index in [4.69, 9.17) is 32.0 Å². The number of fused-ring (bicyclic) bond motifs is 2. The zero-order chi connectivity index (χ0) is 24.2. The van der Waals surface area contributed by atoms with Gasteiger partial charge in [0.15, 0.2) is 11.2 Å². The average molecular weight is 521 g/mol. The van der Waals surface area contributed by atoms with Crippen LogP contribution in [0.2, 0.25) is 10.0 Å². The van der Waals surface area contributed by atoms with Crippen molar-refractivity contribution in [1.29, 1.82) is 0 Å². The summed E-state index contributed by atoms with van der Waals surface area (Å²) >= 11 is 11.9. The minimum atomic E-state index is -3.84. The van der Waals surface area contributed by atoms with Crippen molar-refractivity contribution in [2.24, 2.45) is 0 Å². The van der Waals surface area contributed by atoms with Crippen LogP contribution < -0.4 is 0 Å². The van der Waals surface area contributed by atoms with Gasteiger partial charge in [-0.3, -0.25) is 0 Å². The van der Waals surface area contributed by atoms with Gasteiger partial charge in [0.1, 0.15) is 11.0 Å². The molecule has 0 bridgehead atoms. The molecule has 0 unspecified atom stereocenters. The maximum Gasteiger partial charge on any atom is 0.227 e. The first kappa shape index (κ1) is 21.9. The minimum absolute atomic E-state index is 0.0988. The Kier molecular flexibility index (Phi) is 5.14. The second-order valence-corrected chi connectivity index (χ2v) is 10.6. The molecule has 0 N–H and O–H groups in total. The van der Waals surface area contributed by atoms with Crippen molar-refractivity contribution in [3.05, 3.63) is 95.0 Å². The topological polar surface area (TPSA) is 86.2 Å². The van der Waals surface area contributed by atoms with Gasteiger partial charge in [-0.25, -0.2) is 18.4 Å². The molecule has 2 heterocycles. The van der Waals surface area contributed by atoms with E-state index in [1.54, 1.807) is 60.7 Å². The number of sulfone groups is 1. The molecule has 0 radical (unpaired) electrons. The number of rotatable bonds is 4. The second kappa shape index (κ2) is 8.23. The Morgan fingerprint density at radius 2 is 0.971 bits per heavy atom. The van der Waals surface area contributed by atoms with Gasteiger partial charge >= 0.3 is 0 Å². The van der Waals surface area contributed by atoms with E-state index in [1.165, 1.54) is 24.3 Å². The molecular formula is C26H14Cl2N2O4S. The summed E-state index contributed by atoms with van der Waals surface area (Å²) in [6, 6.07) is 23.3. The standard InChI is InChI=1S/C26H14Cl2N2O4S/c27-17-5-1-15(2-6-17)25-29-21-13-19(9-11-23(21)33-25)35(31,32)20-10-12-24-22(14-20)30-26(34-24)16-3-7-18(28)8-4-16/h1-14H. The van der Waals surface area contributed by atoms with Crippen LogP contribution in [0.3, 0.4) is 0 Å². The molecule has 172 valence electrons. The Hall–Kier alpha value is -3.65. The Morgan fingerprint density at radius 3 is 1.37 bits per heavy atom. The highest BCUT2D eigenvalue weighted by Gasteiger charge is 2.21. The molecule has 2 aromatic heterocycles. The molecule has 0 saturated carbocycles. The van der Waals surface area contributed by atoms with Gasteiger partial charge in [-0.2, -0.15) is 0 Å². The predicted molar refractivity (Wildman–Crippen MR) is 134 cm³/mol. The number of aromatic nitrogens is 2. The molecule has 0 aliphatic carbocycles. The third-order valence-corrected chi connectivity index (χ3v) is 7.77. The van der Waals surface area contributed by atoms with E-state index in [-0.39, 0.29) is 9.79 Å². The maximum absolute atomic E-state index is 13.4. The van der Waals surface area contributed by atoms with Gasteiger partial charge in [0.2, 0.25) is 21.6 Å². The van der Waals surface area contributed by atoms with E-state index in [0.717, 1.165) is 11.1 Å². The molecule has 6 aromatic rings. The molecule has 0 saturated heterocycles. The summed E-state index contributed by atoms with van der Waals surface area (Å²) < 4.78 is 38.4. The van der Waals surface area contributed by atoms with Crippen molar-refractivity contribution in [3.8, 4) is 22.9 Å². The van der Waals surface area contributed by atoms with Crippen LogP contribution in [0, 0.1) is 0 Å². The lowest BCUT2D eigenvalue weighted by atomic mass is 10.2. The van der Waals surface area contributed by atoms with Crippen LogP contribution in [0.5, 0.6) is 0 Å². The number of benzene rings is 4. The lowest BCUT2D eigenvalue weighted by molar-refractivity contribution is 0.596. The molecule has 0 amide bonds. The summed E-state index contributed by atoms with van der Waals surface area (Å²) in [5, 5.41) is 1.20. The molecule has 0 aliphatic heterocycles. The summed E-state index contributed by atoms with van der Waals surface area (Å²) in [4.78, 5) is 9.12. The molecule has 0 spiro atoms. The number of nitrogens with zero attached hydrogens (tertiary/aromatic N) is 2. The summed E-state index contributed by atoms with van der Waals surface area (Å²) in [5.74, 6) is 0.759. The Bertz CT molecular complexity index is 1690. The first-order valence-electron chi connectivity index (χ1n) is 10.4. The normalized spacial score (nSPS) is 11.9. The summed E-state index contributed by atoms with van der Waals surface area (Å²) in [5.41, 5.74) is 3.31. The van der Waals surface area contributed by atoms with Gasteiger partial charge in [-0.1, -0.05) is 23.2 Å². The van der Waals surface area contributed by atoms with Crippen LogP contribution in [0.4, 0.5) is 0 Å². The van der Waals surface area contributed by atoms with Crippen LogP contribution in [-0.4, -0.2) is 18.4 Å². The number of halogens is 2. The van der Waals surface area contributed by atoms with E-state index in [1.807, 2.05) is 0 Å². The maximum atomic E-state index is 13.4. The molecular weight excluding hydrogens is 507 g/mol. The molecule has 4 aromatic carbocycles. The largest absolute Gasteiger partial charge is 0.436 e. The predicted octanol–water partition coefficient (Wildman–Crippen LogP) is 7.44. The highest BCUT2D eigenvalue weighted by atomic mass is 35.5. The first-order chi connectivity index (χ1) is 16.9. The van der Waals surface area contributed by atoms with Crippen LogP contribution >= 0.6 is 23.2 Å². The van der Waals surface area contributed by atoms with Crippen molar-refractivity contribution >= 4 is 55.2 Å². The van der Waals surface area contributed by atoms with Crippen LogP contribution in [0.1, 0.15) is 0 Å². The first-order valence-corrected chi connectivity index (χ1v) is 12.7. The number of hydrogen-bond donors (Lipinski definition) is 0. The van der Waals surface area contributed by atoms with Crippen molar-refractivity contribution in [3.63, 3.8) is 0 Å². The van der Waals surface area contributed by atoms with Crippen LogP contribution in [-0.2, 0) is 9.84 Å². The fourth-order valence-electron chi connectivity index (χ4n) is 3.72. The van der Waals surface area contributed by atoms with Crippen molar-refractivity contribution in [1.82, 2.24) is 9.97 Å². The van der Waals surface area contributed by atoms with Crippen molar-refractivity contribution in [2.45, 2.75) is 9.79 Å². The zero-order valence-corrected chi connectivity index (χ0v) is 20.1. The monoisotopic (exact) mass is 520 g/mol. The minimum Gasteiger partial charge on any atom is -0.436 e. The molecule has 0 aliphatic rings. The SMILES string of the molecule is O=S(=O)(c1ccc2oc(-c3ccc(Cl)cc3)nc2c1)c1ccc2oc(-c3ccc(Cl)cc3)nc2c1. The zero-order valence-electron chi connectivity index (χ0n) is 17.8. The Labute approximate surface area is 209 Å². The molecule has 0 atom stereocenters. The molecule has 0 fully saturated rings.